The number of nitrogens with one attached hydrogen (secondary N) is 3. The summed E-state index contributed by atoms with van der Waals surface area (Å²) in [4.78, 5) is 26.9. The zero-order chi connectivity index (χ0) is 21.2. The number of urea groups is 1. The second kappa shape index (κ2) is 11.4. The van der Waals surface area contributed by atoms with Gasteiger partial charge in [-0.05, 0) is 59.6 Å². The van der Waals surface area contributed by atoms with Crippen LogP contribution in [0.5, 0.6) is 0 Å². The highest BCUT2D eigenvalue weighted by Crippen LogP contribution is 2.24. The second-order valence-electron chi connectivity index (χ2n) is 6.49. The second-order valence-corrected chi connectivity index (χ2v) is 7.35. The largest absolute Gasteiger partial charge is 0.382 e. The summed E-state index contributed by atoms with van der Waals surface area (Å²) in [5.74, 6) is -0.194. The summed E-state index contributed by atoms with van der Waals surface area (Å²) in [7, 11) is 3.74. The lowest BCUT2D eigenvalue weighted by Gasteiger charge is -2.19. The molecule has 2 rings (SSSR count). The van der Waals surface area contributed by atoms with Crippen LogP contribution in [0.25, 0.3) is 0 Å². The summed E-state index contributed by atoms with van der Waals surface area (Å²) in [5, 5.41) is 8.45. The lowest BCUT2D eigenvalue weighted by molar-refractivity contribution is 0.0944. The summed E-state index contributed by atoms with van der Waals surface area (Å²) in [6, 6.07) is 12.2. The van der Waals surface area contributed by atoms with Crippen molar-refractivity contribution >= 4 is 44.9 Å². The molecule has 2 aromatic carbocycles. The van der Waals surface area contributed by atoms with Gasteiger partial charge in [0.15, 0.2) is 0 Å². The van der Waals surface area contributed by atoms with Crippen LogP contribution in [0.15, 0.2) is 46.9 Å². The summed E-state index contributed by atoms with van der Waals surface area (Å²) in [5.41, 5.74) is 2.44. The van der Waals surface area contributed by atoms with Crippen molar-refractivity contribution in [2.75, 3.05) is 49.4 Å². The van der Waals surface area contributed by atoms with Gasteiger partial charge < -0.3 is 25.6 Å². The van der Waals surface area contributed by atoms with Crippen LogP contribution in [0, 0.1) is 0 Å². The van der Waals surface area contributed by atoms with E-state index in [0.717, 1.165) is 16.6 Å². The van der Waals surface area contributed by atoms with E-state index in [-0.39, 0.29) is 5.91 Å². The number of hydrogen-bond donors (Lipinski definition) is 3. The van der Waals surface area contributed by atoms with Crippen LogP contribution in [-0.2, 0) is 4.74 Å². The van der Waals surface area contributed by atoms with Crippen molar-refractivity contribution in [3.63, 3.8) is 0 Å². The first kappa shape index (κ1) is 22.7. The molecule has 0 aromatic heterocycles. The van der Waals surface area contributed by atoms with Crippen molar-refractivity contribution in [1.82, 2.24) is 5.32 Å². The molecule has 156 valence electrons. The Balaban J connectivity index is 2.07. The van der Waals surface area contributed by atoms with E-state index >= 15 is 0 Å². The first-order chi connectivity index (χ1) is 13.9. The summed E-state index contributed by atoms with van der Waals surface area (Å²) >= 11 is 3.40. The van der Waals surface area contributed by atoms with Crippen molar-refractivity contribution in [3.8, 4) is 0 Å². The molecule has 0 aliphatic carbocycles. The van der Waals surface area contributed by atoms with E-state index in [2.05, 4.69) is 31.9 Å². The fourth-order valence-electron chi connectivity index (χ4n) is 2.65. The molecular formula is C21H27BrN4O3. The molecule has 0 aliphatic heterocycles. The molecule has 0 spiro atoms. The fourth-order valence-corrected chi connectivity index (χ4v) is 3.03. The highest BCUT2D eigenvalue weighted by atomic mass is 79.9. The molecule has 3 N–H and O–H groups in total. The van der Waals surface area contributed by atoms with Crippen molar-refractivity contribution in [2.24, 2.45) is 0 Å². The summed E-state index contributed by atoms with van der Waals surface area (Å²) < 4.78 is 6.07. The van der Waals surface area contributed by atoms with Crippen LogP contribution in [0.3, 0.4) is 0 Å². The fraction of sp³-hybridized carbons (Fsp3) is 0.333. The number of halogens is 1. The number of nitrogens with zero attached hydrogens (tertiary/aromatic N) is 1. The molecule has 29 heavy (non-hydrogen) atoms. The third-order valence-corrected chi connectivity index (χ3v) is 4.75. The molecule has 3 amide bonds. The van der Waals surface area contributed by atoms with Crippen LogP contribution in [-0.4, -0.2) is 45.8 Å². The number of ether oxygens (including phenoxy) is 1. The Morgan fingerprint density at radius 1 is 1.10 bits per heavy atom. The van der Waals surface area contributed by atoms with Gasteiger partial charge in [0, 0.05) is 49.7 Å². The maximum absolute atomic E-state index is 12.7. The van der Waals surface area contributed by atoms with Crippen molar-refractivity contribution in [1.29, 1.82) is 0 Å². The lowest BCUT2D eigenvalue weighted by atomic mass is 10.1. The molecule has 8 heteroatoms. The molecule has 0 bridgehead atoms. The van der Waals surface area contributed by atoms with E-state index in [0.29, 0.717) is 36.7 Å². The van der Waals surface area contributed by atoms with E-state index in [1.165, 1.54) is 0 Å². The van der Waals surface area contributed by atoms with Crippen LogP contribution >= 0.6 is 15.9 Å². The van der Waals surface area contributed by atoms with E-state index in [4.69, 9.17) is 4.74 Å². The lowest BCUT2D eigenvalue weighted by Crippen LogP contribution is -2.28. The number of para-hydroxylation sites is 1. The Morgan fingerprint density at radius 2 is 1.86 bits per heavy atom. The minimum absolute atomic E-state index is 0.194. The quantitative estimate of drug-likeness (QED) is 0.484. The minimum atomic E-state index is -0.391. The average molecular weight is 463 g/mol. The van der Waals surface area contributed by atoms with Gasteiger partial charge in [-0.2, -0.15) is 0 Å². The molecule has 0 heterocycles. The summed E-state index contributed by atoms with van der Waals surface area (Å²) in [6.07, 6.45) is 0.739. The van der Waals surface area contributed by atoms with E-state index in [9.17, 15) is 9.59 Å². The van der Waals surface area contributed by atoms with Crippen molar-refractivity contribution < 1.29 is 14.3 Å². The standard InChI is InChI=1S/C21H27BrN4O3/c1-4-29-13-7-12-23-20(27)16-14-15(10-11-19(16)26(2)3)24-21(28)25-18-9-6-5-8-17(18)22/h5-6,8-11,14H,4,7,12-13H2,1-3H3,(H,23,27)(H2,24,25,28). The molecule has 0 radical (unpaired) electrons. The molecule has 0 saturated carbocycles. The van der Waals surface area contributed by atoms with Gasteiger partial charge in [0.1, 0.15) is 0 Å². The molecule has 0 atom stereocenters. The highest BCUT2D eigenvalue weighted by Gasteiger charge is 2.15. The third kappa shape index (κ3) is 7.07. The Morgan fingerprint density at radius 3 is 2.55 bits per heavy atom. The number of carbonyl (C=O) groups excluding carboxylic acids is 2. The Bertz CT molecular complexity index is 842. The van der Waals surface area contributed by atoms with Gasteiger partial charge >= 0.3 is 6.03 Å². The third-order valence-electron chi connectivity index (χ3n) is 4.06. The van der Waals surface area contributed by atoms with E-state index in [1.54, 1.807) is 18.2 Å². The van der Waals surface area contributed by atoms with Crippen LogP contribution in [0.4, 0.5) is 21.9 Å². The maximum atomic E-state index is 12.7. The first-order valence-electron chi connectivity index (χ1n) is 9.42. The molecular weight excluding hydrogens is 436 g/mol. The van der Waals surface area contributed by atoms with E-state index in [1.807, 2.05) is 50.2 Å². The van der Waals surface area contributed by atoms with Gasteiger partial charge in [0.25, 0.3) is 5.91 Å². The topological polar surface area (TPSA) is 82.7 Å². The van der Waals surface area contributed by atoms with Crippen molar-refractivity contribution in [3.05, 3.63) is 52.5 Å². The SMILES string of the molecule is CCOCCCNC(=O)c1cc(NC(=O)Nc2ccccc2Br)ccc1N(C)C. The highest BCUT2D eigenvalue weighted by molar-refractivity contribution is 9.10. The van der Waals surface area contributed by atoms with Gasteiger partial charge in [0.05, 0.1) is 11.3 Å². The number of amides is 3. The molecule has 2 aromatic rings. The molecule has 7 nitrogen and oxygen atoms in total. The Hall–Kier alpha value is -2.58. The van der Waals surface area contributed by atoms with Crippen LogP contribution in [0.1, 0.15) is 23.7 Å². The minimum Gasteiger partial charge on any atom is -0.382 e. The summed E-state index contributed by atoms with van der Waals surface area (Å²) in [6.45, 7) is 3.72. The molecule has 0 saturated heterocycles. The predicted molar refractivity (Wildman–Crippen MR) is 121 cm³/mol. The zero-order valence-corrected chi connectivity index (χ0v) is 18.5. The smallest absolute Gasteiger partial charge is 0.323 e. The Labute approximate surface area is 179 Å². The van der Waals surface area contributed by atoms with Gasteiger partial charge in [-0.25, -0.2) is 4.79 Å². The molecule has 0 unspecified atom stereocenters. The van der Waals surface area contributed by atoms with Crippen LogP contribution < -0.4 is 20.9 Å². The predicted octanol–water partition coefficient (Wildman–Crippen LogP) is 4.32. The first-order valence-corrected chi connectivity index (χ1v) is 10.2. The number of anilines is 3. The monoisotopic (exact) mass is 462 g/mol. The van der Waals surface area contributed by atoms with Gasteiger partial charge in [-0.15, -0.1) is 0 Å². The number of hydrogen-bond acceptors (Lipinski definition) is 4. The maximum Gasteiger partial charge on any atom is 0.323 e. The van der Waals surface area contributed by atoms with E-state index < -0.39 is 6.03 Å². The number of carbonyl (C=O) groups is 2. The van der Waals surface area contributed by atoms with Gasteiger partial charge in [-0.1, -0.05) is 12.1 Å². The number of rotatable bonds is 9. The van der Waals surface area contributed by atoms with Gasteiger partial charge in [-0.3, -0.25) is 4.79 Å². The average Bonchev–Trinajstić information content (AvgIpc) is 2.69. The number of benzene rings is 2. The van der Waals surface area contributed by atoms with Crippen molar-refractivity contribution in [2.45, 2.75) is 13.3 Å². The Kier molecular flexibility index (Phi) is 8.95. The zero-order valence-electron chi connectivity index (χ0n) is 16.9. The molecule has 0 fully saturated rings. The molecule has 0 aliphatic rings. The van der Waals surface area contributed by atoms with Crippen LogP contribution in [0.2, 0.25) is 0 Å². The van der Waals surface area contributed by atoms with Gasteiger partial charge in [0.2, 0.25) is 0 Å². The normalized spacial score (nSPS) is 10.3.